The Balaban J connectivity index is 2.84. The quantitative estimate of drug-likeness (QED) is 0.434. The van der Waals surface area contributed by atoms with Gasteiger partial charge in [-0.3, -0.25) is 4.79 Å². The molecule has 116 valence electrons. The van der Waals surface area contributed by atoms with Crippen LogP contribution in [0.15, 0.2) is 0 Å². The van der Waals surface area contributed by atoms with E-state index in [1.54, 1.807) is 4.90 Å². The summed E-state index contributed by atoms with van der Waals surface area (Å²) in [5.74, 6) is -0.454. The first-order valence-corrected chi connectivity index (χ1v) is 8.01. The van der Waals surface area contributed by atoms with E-state index in [2.05, 4.69) is 15.9 Å². The SMILES string of the molecule is COC(=O)[C@@H]1CO[C@H](C(C)(C)C)N1C(=O)CCCCBr. The summed E-state index contributed by atoms with van der Waals surface area (Å²) in [6, 6.07) is -0.624. The van der Waals surface area contributed by atoms with E-state index in [1.165, 1.54) is 7.11 Å². The molecule has 0 spiro atoms. The Labute approximate surface area is 129 Å². The number of esters is 1. The minimum absolute atomic E-state index is 0.0428. The molecule has 0 N–H and O–H groups in total. The average molecular weight is 350 g/mol. The molecule has 0 aromatic carbocycles. The first-order valence-electron chi connectivity index (χ1n) is 6.89. The zero-order valence-electron chi connectivity index (χ0n) is 12.6. The van der Waals surface area contributed by atoms with Gasteiger partial charge in [0, 0.05) is 17.2 Å². The zero-order chi connectivity index (χ0) is 15.3. The summed E-state index contributed by atoms with van der Waals surface area (Å²) in [4.78, 5) is 25.8. The molecule has 1 aliphatic heterocycles. The molecule has 20 heavy (non-hydrogen) atoms. The lowest BCUT2D eigenvalue weighted by Crippen LogP contribution is -2.50. The van der Waals surface area contributed by atoms with Crippen molar-refractivity contribution < 1.29 is 19.1 Å². The van der Waals surface area contributed by atoms with Crippen LogP contribution in [0, 0.1) is 5.41 Å². The fourth-order valence-corrected chi connectivity index (χ4v) is 2.69. The summed E-state index contributed by atoms with van der Waals surface area (Å²) in [6.07, 6.45) is 1.77. The van der Waals surface area contributed by atoms with Crippen LogP contribution in [0.3, 0.4) is 0 Å². The molecule has 2 atom stereocenters. The molecule has 0 aliphatic carbocycles. The van der Waals surface area contributed by atoms with Gasteiger partial charge in [-0.2, -0.15) is 0 Å². The van der Waals surface area contributed by atoms with E-state index in [9.17, 15) is 9.59 Å². The molecule has 5 nitrogen and oxygen atoms in total. The average Bonchev–Trinajstić information content (AvgIpc) is 2.82. The summed E-state index contributed by atoms with van der Waals surface area (Å²) < 4.78 is 10.5. The van der Waals surface area contributed by atoms with Crippen molar-refractivity contribution >= 4 is 27.8 Å². The van der Waals surface area contributed by atoms with Crippen LogP contribution in [0.4, 0.5) is 0 Å². The summed E-state index contributed by atoms with van der Waals surface area (Å²) in [5.41, 5.74) is -0.242. The minimum atomic E-state index is -0.624. The number of unbranched alkanes of at least 4 members (excludes halogenated alkanes) is 1. The molecule has 0 saturated carbocycles. The molecule has 1 saturated heterocycles. The van der Waals surface area contributed by atoms with E-state index in [0.29, 0.717) is 6.42 Å². The number of ether oxygens (including phenoxy) is 2. The van der Waals surface area contributed by atoms with Crippen LogP contribution in [0.1, 0.15) is 40.0 Å². The molecular weight excluding hydrogens is 326 g/mol. The number of halogens is 1. The second-order valence-corrected chi connectivity index (χ2v) is 6.83. The third-order valence-corrected chi connectivity index (χ3v) is 3.84. The number of hydrogen-bond donors (Lipinski definition) is 0. The van der Waals surface area contributed by atoms with Crippen molar-refractivity contribution in [1.29, 1.82) is 0 Å². The minimum Gasteiger partial charge on any atom is -0.467 e. The fourth-order valence-electron chi connectivity index (χ4n) is 2.30. The molecule has 0 aromatic heterocycles. The number of amides is 1. The van der Waals surface area contributed by atoms with Gasteiger partial charge in [-0.15, -0.1) is 0 Å². The third kappa shape index (κ3) is 4.19. The van der Waals surface area contributed by atoms with E-state index in [1.807, 2.05) is 20.8 Å². The van der Waals surface area contributed by atoms with Crippen LogP contribution < -0.4 is 0 Å². The van der Waals surface area contributed by atoms with Crippen LogP contribution in [-0.4, -0.2) is 48.1 Å². The second-order valence-electron chi connectivity index (χ2n) is 6.04. The van der Waals surface area contributed by atoms with Crippen LogP contribution in [0.25, 0.3) is 0 Å². The van der Waals surface area contributed by atoms with Crippen molar-refractivity contribution in [3.8, 4) is 0 Å². The van der Waals surface area contributed by atoms with Gasteiger partial charge >= 0.3 is 5.97 Å². The van der Waals surface area contributed by atoms with E-state index < -0.39 is 12.0 Å². The number of hydrogen-bond acceptors (Lipinski definition) is 4. The van der Waals surface area contributed by atoms with Gasteiger partial charge in [-0.05, 0) is 12.8 Å². The first kappa shape index (κ1) is 17.4. The highest BCUT2D eigenvalue weighted by molar-refractivity contribution is 9.09. The van der Waals surface area contributed by atoms with Gasteiger partial charge in [0.25, 0.3) is 0 Å². The number of nitrogens with zero attached hydrogens (tertiary/aromatic N) is 1. The maximum absolute atomic E-state index is 12.4. The van der Waals surface area contributed by atoms with Crippen LogP contribution in [0.5, 0.6) is 0 Å². The van der Waals surface area contributed by atoms with Crippen molar-refractivity contribution in [1.82, 2.24) is 4.90 Å². The molecule has 1 rings (SSSR count). The van der Waals surface area contributed by atoms with Crippen molar-refractivity contribution in [2.75, 3.05) is 19.0 Å². The molecule has 6 heteroatoms. The van der Waals surface area contributed by atoms with Gasteiger partial charge in [-0.1, -0.05) is 36.7 Å². The lowest BCUT2D eigenvalue weighted by Gasteiger charge is -2.35. The highest BCUT2D eigenvalue weighted by atomic mass is 79.9. The van der Waals surface area contributed by atoms with Crippen LogP contribution >= 0.6 is 15.9 Å². The van der Waals surface area contributed by atoms with Gasteiger partial charge in [0.1, 0.15) is 6.23 Å². The molecular formula is C14H24BrNO4. The number of alkyl halides is 1. The Morgan fingerprint density at radius 1 is 1.35 bits per heavy atom. The van der Waals surface area contributed by atoms with Crippen LogP contribution in [0.2, 0.25) is 0 Å². The van der Waals surface area contributed by atoms with Gasteiger partial charge in [0.05, 0.1) is 13.7 Å². The third-order valence-electron chi connectivity index (χ3n) is 3.28. The fraction of sp³-hybridized carbons (Fsp3) is 0.857. The van der Waals surface area contributed by atoms with Gasteiger partial charge in [0.15, 0.2) is 6.04 Å². The van der Waals surface area contributed by atoms with Crippen molar-refractivity contribution in [3.05, 3.63) is 0 Å². The van der Waals surface area contributed by atoms with Gasteiger partial charge < -0.3 is 14.4 Å². The van der Waals surface area contributed by atoms with E-state index in [-0.39, 0.29) is 24.2 Å². The monoisotopic (exact) mass is 349 g/mol. The number of methoxy groups -OCH3 is 1. The van der Waals surface area contributed by atoms with Crippen LogP contribution in [-0.2, 0) is 19.1 Å². The standard InChI is InChI=1S/C14H24BrNO4/c1-14(2,3)13-16(11(17)7-5-6-8-15)10(9-20-13)12(18)19-4/h10,13H,5-9H2,1-4H3/t10-,13+/m0/s1. The lowest BCUT2D eigenvalue weighted by molar-refractivity contribution is -0.155. The topological polar surface area (TPSA) is 55.8 Å². The summed E-state index contributed by atoms with van der Waals surface area (Å²) in [6.45, 7) is 6.20. The second kappa shape index (κ2) is 7.41. The van der Waals surface area contributed by atoms with E-state index in [4.69, 9.17) is 9.47 Å². The van der Waals surface area contributed by atoms with E-state index in [0.717, 1.165) is 18.2 Å². The number of rotatable bonds is 5. The summed E-state index contributed by atoms with van der Waals surface area (Å²) >= 11 is 3.35. The molecule has 0 unspecified atom stereocenters. The molecule has 1 fully saturated rings. The Bertz CT molecular complexity index is 354. The first-order chi connectivity index (χ1) is 9.32. The highest BCUT2D eigenvalue weighted by Gasteiger charge is 2.46. The van der Waals surface area contributed by atoms with Crippen molar-refractivity contribution in [3.63, 3.8) is 0 Å². The maximum atomic E-state index is 12.4. The Morgan fingerprint density at radius 2 is 2.00 bits per heavy atom. The normalized spacial score (nSPS) is 22.9. The Kier molecular flexibility index (Phi) is 6.45. The van der Waals surface area contributed by atoms with Gasteiger partial charge in [0.2, 0.25) is 5.91 Å². The Hall–Kier alpha value is -0.620. The molecule has 0 bridgehead atoms. The number of carbonyl (C=O) groups is 2. The van der Waals surface area contributed by atoms with Gasteiger partial charge in [-0.25, -0.2) is 4.79 Å². The smallest absolute Gasteiger partial charge is 0.331 e. The predicted octanol–water partition coefficient (Wildman–Crippen LogP) is 2.32. The highest BCUT2D eigenvalue weighted by Crippen LogP contribution is 2.32. The summed E-state index contributed by atoms with van der Waals surface area (Å²) in [7, 11) is 1.33. The molecule has 1 heterocycles. The maximum Gasteiger partial charge on any atom is 0.331 e. The molecule has 1 amide bonds. The zero-order valence-corrected chi connectivity index (χ0v) is 14.2. The molecule has 0 radical (unpaired) electrons. The van der Waals surface area contributed by atoms with Crippen molar-refractivity contribution in [2.24, 2.45) is 5.41 Å². The molecule has 0 aromatic rings. The van der Waals surface area contributed by atoms with Crippen molar-refractivity contribution in [2.45, 2.75) is 52.3 Å². The summed E-state index contributed by atoms with van der Waals surface area (Å²) in [5, 5.41) is 0.875. The lowest BCUT2D eigenvalue weighted by atomic mass is 9.93. The Morgan fingerprint density at radius 3 is 2.50 bits per heavy atom. The van der Waals surface area contributed by atoms with E-state index >= 15 is 0 Å². The largest absolute Gasteiger partial charge is 0.467 e. The predicted molar refractivity (Wildman–Crippen MR) is 79.5 cm³/mol. The number of carbonyl (C=O) groups excluding carboxylic acids is 2. The molecule has 1 aliphatic rings.